The predicted molar refractivity (Wildman–Crippen MR) is 165 cm³/mol. The van der Waals surface area contributed by atoms with Crippen LogP contribution in [0.15, 0.2) is 48.1 Å². The lowest BCUT2D eigenvalue weighted by Gasteiger charge is -2.65. The van der Waals surface area contributed by atoms with Gasteiger partial charge in [-0.05, 0) is 109 Å². The number of ether oxygens (including phenoxy) is 1. The summed E-state index contributed by atoms with van der Waals surface area (Å²) in [6.45, 7) is 10.8. The van der Waals surface area contributed by atoms with Crippen LogP contribution in [0.1, 0.15) is 78.7 Å². The molecule has 0 unspecified atom stereocenters. The van der Waals surface area contributed by atoms with E-state index in [0.29, 0.717) is 43.9 Å². The van der Waals surface area contributed by atoms with Gasteiger partial charge < -0.3 is 30.3 Å². The number of carbonyl (C=O) groups excluding carboxylic acids is 1. The van der Waals surface area contributed by atoms with Gasteiger partial charge in [-0.15, -0.1) is 0 Å². The van der Waals surface area contributed by atoms with E-state index in [1.165, 1.54) is 0 Å². The van der Waals surface area contributed by atoms with E-state index in [0.717, 1.165) is 11.1 Å². The number of carbonyl (C=O) groups is 1. The molecular weight excluding hydrogens is 556 g/mol. The van der Waals surface area contributed by atoms with Crippen LogP contribution < -0.4 is 0 Å². The highest BCUT2D eigenvalue weighted by atomic mass is 16.6. The zero-order valence-corrected chi connectivity index (χ0v) is 26.7. The van der Waals surface area contributed by atoms with Crippen LogP contribution in [0.25, 0.3) is 0 Å². The summed E-state index contributed by atoms with van der Waals surface area (Å²) in [4.78, 5) is 14.6. The number of aromatic hydroxyl groups is 1. The maximum atomic E-state index is 14.6. The summed E-state index contributed by atoms with van der Waals surface area (Å²) >= 11 is 0. The maximum absolute atomic E-state index is 14.6. The molecule has 1 aromatic carbocycles. The Morgan fingerprint density at radius 1 is 1.02 bits per heavy atom. The molecule has 5 aliphatic carbocycles. The number of benzene rings is 1. The fourth-order valence-electron chi connectivity index (χ4n) is 11.2. The Balaban J connectivity index is 1.32. The van der Waals surface area contributed by atoms with E-state index in [9.17, 15) is 30.3 Å². The van der Waals surface area contributed by atoms with Gasteiger partial charge in [-0.1, -0.05) is 58.9 Å². The van der Waals surface area contributed by atoms with Crippen LogP contribution in [0.4, 0.5) is 0 Å². The third-order valence-corrected chi connectivity index (χ3v) is 14.2. The van der Waals surface area contributed by atoms with Crippen LogP contribution in [-0.2, 0) is 16.0 Å². The van der Waals surface area contributed by atoms with Crippen molar-refractivity contribution in [3.05, 3.63) is 53.6 Å². The summed E-state index contributed by atoms with van der Waals surface area (Å²) in [7, 11) is 0. The lowest BCUT2D eigenvalue weighted by Crippen LogP contribution is -2.68. The van der Waals surface area contributed by atoms with Gasteiger partial charge in [0.1, 0.15) is 17.5 Å². The second-order valence-electron chi connectivity index (χ2n) is 16.2. The molecule has 1 aliphatic heterocycles. The first-order valence-corrected chi connectivity index (χ1v) is 16.8. The molecule has 7 rings (SSSR count). The van der Waals surface area contributed by atoms with Crippen molar-refractivity contribution in [1.29, 1.82) is 0 Å². The zero-order valence-electron chi connectivity index (χ0n) is 26.7. The zero-order chi connectivity index (χ0) is 31.6. The summed E-state index contributed by atoms with van der Waals surface area (Å²) in [5.41, 5.74) is -3.18. The highest BCUT2D eigenvalue weighted by molar-refractivity contribution is 5.98. The first kappa shape index (κ1) is 30.6. The molecule has 7 nitrogen and oxygen atoms in total. The average molecular weight is 607 g/mol. The summed E-state index contributed by atoms with van der Waals surface area (Å²) in [5.74, 6) is 0.334. The van der Waals surface area contributed by atoms with Crippen molar-refractivity contribution >= 4 is 5.78 Å². The standard InChI is InChI=1S/C37H50O7/c1-20(2)21(3)31-32(44-31)36(42)13-6-7-23-15-25-26(37(43)14-12-29(36)34(23,37)5)16-30(41)35(17-22-8-10-24(38)11-9-22)19-28(40)27(39)18-33(25,35)4/h6-11,16,20-21,23,25,27-29,31-32,38-40,42-43H,12-15,17-19H2,1-5H3/t21-,23+,25-,27+,28-,29+,31-,32-,33-,34-,35-,36+,37+/m1/s1. The Morgan fingerprint density at radius 2 is 1.70 bits per heavy atom. The molecule has 0 bridgehead atoms. The van der Waals surface area contributed by atoms with Crippen molar-refractivity contribution in [3.63, 3.8) is 0 Å². The molecule has 4 fully saturated rings. The van der Waals surface area contributed by atoms with Gasteiger partial charge in [-0.2, -0.15) is 0 Å². The molecule has 0 amide bonds. The first-order chi connectivity index (χ1) is 20.6. The minimum atomic E-state index is -1.30. The number of fused-ring (bicyclic) bond motifs is 4. The highest BCUT2D eigenvalue weighted by Crippen LogP contribution is 2.74. The minimum Gasteiger partial charge on any atom is -0.508 e. The van der Waals surface area contributed by atoms with E-state index < -0.39 is 39.7 Å². The number of aliphatic hydroxyl groups is 4. The number of epoxide rings is 1. The number of phenols is 1. The smallest absolute Gasteiger partial charge is 0.162 e. The van der Waals surface area contributed by atoms with E-state index in [1.54, 1.807) is 18.2 Å². The Hall–Kier alpha value is -2.03. The first-order valence-electron chi connectivity index (χ1n) is 16.8. The third-order valence-electron chi connectivity index (χ3n) is 14.2. The molecule has 7 heteroatoms. The minimum absolute atomic E-state index is 0.0105. The second kappa shape index (κ2) is 9.74. The molecule has 0 aromatic heterocycles. The van der Waals surface area contributed by atoms with E-state index in [1.807, 2.05) is 12.1 Å². The Kier molecular flexibility index (Phi) is 6.78. The van der Waals surface area contributed by atoms with Gasteiger partial charge in [0.25, 0.3) is 0 Å². The van der Waals surface area contributed by atoms with Crippen LogP contribution in [0.5, 0.6) is 5.75 Å². The normalized spacial score (nSPS) is 49.9. The summed E-state index contributed by atoms with van der Waals surface area (Å²) in [5, 5.41) is 57.5. The summed E-state index contributed by atoms with van der Waals surface area (Å²) < 4.78 is 6.25. The topological polar surface area (TPSA) is 131 Å². The van der Waals surface area contributed by atoms with Gasteiger partial charge in [0.15, 0.2) is 5.78 Å². The monoisotopic (exact) mass is 606 g/mol. The Bertz CT molecular complexity index is 1400. The molecule has 1 heterocycles. The number of hydrogen-bond acceptors (Lipinski definition) is 7. The van der Waals surface area contributed by atoms with Gasteiger partial charge in [-0.25, -0.2) is 0 Å². The van der Waals surface area contributed by atoms with Crippen molar-refractivity contribution in [1.82, 2.24) is 0 Å². The van der Waals surface area contributed by atoms with Gasteiger partial charge in [0.05, 0.1) is 23.9 Å². The van der Waals surface area contributed by atoms with Crippen molar-refractivity contribution in [3.8, 4) is 5.75 Å². The molecule has 3 saturated carbocycles. The predicted octanol–water partition coefficient (Wildman–Crippen LogP) is 4.49. The molecule has 0 spiro atoms. The fourth-order valence-corrected chi connectivity index (χ4v) is 11.2. The lowest BCUT2D eigenvalue weighted by molar-refractivity contribution is -0.192. The number of ketones is 1. The summed E-state index contributed by atoms with van der Waals surface area (Å²) in [6, 6.07) is 6.88. The molecule has 240 valence electrons. The van der Waals surface area contributed by atoms with Crippen LogP contribution in [0.3, 0.4) is 0 Å². The Labute approximate surface area is 261 Å². The van der Waals surface area contributed by atoms with Gasteiger partial charge in [0, 0.05) is 10.8 Å². The molecule has 0 radical (unpaired) electrons. The quantitative estimate of drug-likeness (QED) is 0.247. The molecular formula is C37H50O7. The number of phenolic OH excluding ortho intramolecular Hbond substituents is 1. The van der Waals surface area contributed by atoms with E-state index in [-0.39, 0.29) is 54.3 Å². The van der Waals surface area contributed by atoms with E-state index in [4.69, 9.17) is 4.74 Å². The van der Waals surface area contributed by atoms with Crippen LogP contribution in [-0.4, -0.2) is 66.9 Å². The molecule has 1 aromatic rings. The van der Waals surface area contributed by atoms with Crippen LogP contribution in [0.2, 0.25) is 0 Å². The van der Waals surface area contributed by atoms with Gasteiger partial charge in [-0.3, -0.25) is 4.79 Å². The average Bonchev–Trinajstić information content (AvgIpc) is 3.73. The number of aliphatic hydroxyl groups excluding tert-OH is 2. The third kappa shape index (κ3) is 3.83. The Morgan fingerprint density at radius 3 is 2.39 bits per heavy atom. The van der Waals surface area contributed by atoms with Crippen molar-refractivity contribution in [2.24, 2.45) is 45.8 Å². The van der Waals surface area contributed by atoms with E-state index >= 15 is 0 Å². The van der Waals surface area contributed by atoms with Crippen LogP contribution in [0, 0.1) is 45.8 Å². The lowest BCUT2D eigenvalue weighted by atomic mass is 9.39. The highest BCUT2D eigenvalue weighted by Gasteiger charge is 2.76. The molecule has 44 heavy (non-hydrogen) atoms. The van der Waals surface area contributed by atoms with Crippen molar-refractivity contribution in [2.75, 3.05) is 0 Å². The number of rotatable bonds is 5. The van der Waals surface area contributed by atoms with E-state index in [2.05, 4.69) is 46.8 Å². The maximum Gasteiger partial charge on any atom is 0.162 e. The summed E-state index contributed by atoms with van der Waals surface area (Å²) in [6.07, 6.45) is 6.74. The van der Waals surface area contributed by atoms with Gasteiger partial charge in [0.2, 0.25) is 0 Å². The SMILES string of the molecule is CC(C)[C@@H](C)[C@H]1O[C@H]1[C@]1(O)CC=C[C@H]2C[C@@H]3C(=CC(=O)[C@@]4(Cc5ccc(O)cc5)C[C@@H](O)[C@@H](O)C[C@]34C)[C@@]3(O)CC[C@H]1[C@@]23C. The molecule has 5 N–H and O–H groups in total. The number of hydrogen-bond donors (Lipinski definition) is 5. The molecule has 13 atom stereocenters. The van der Waals surface area contributed by atoms with Crippen LogP contribution >= 0.6 is 0 Å². The largest absolute Gasteiger partial charge is 0.508 e. The molecule has 1 saturated heterocycles. The number of allylic oxidation sites excluding steroid dienone is 2. The van der Waals surface area contributed by atoms with Crippen molar-refractivity contribution in [2.45, 2.75) is 115 Å². The second-order valence-corrected chi connectivity index (χ2v) is 16.2. The van der Waals surface area contributed by atoms with Gasteiger partial charge >= 0.3 is 0 Å². The molecule has 6 aliphatic rings. The van der Waals surface area contributed by atoms with Crippen molar-refractivity contribution < 1.29 is 35.1 Å². The fraction of sp³-hybridized carbons (Fsp3) is 0.703.